The maximum atomic E-state index is 12.7. The first-order chi connectivity index (χ1) is 10.7. The van der Waals surface area contributed by atoms with Gasteiger partial charge in [-0.25, -0.2) is 0 Å². The van der Waals surface area contributed by atoms with E-state index in [0.717, 1.165) is 51.0 Å². The number of hydrogen-bond donors (Lipinski definition) is 1. The summed E-state index contributed by atoms with van der Waals surface area (Å²) >= 11 is 0. The number of anilines is 1. The van der Waals surface area contributed by atoms with Crippen molar-refractivity contribution in [1.29, 1.82) is 0 Å². The van der Waals surface area contributed by atoms with Crippen LogP contribution in [-0.2, 0) is 4.79 Å². The predicted molar refractivity (Wildman–Crippen MR) is 87.8 cm³/mol. The first-order valence-corrected chi connectivity index (χ1v) is 8.40. The zero-order valence-electron chi connectivity index (χ0n) is 13.4. The Bertz CT molecular complexity index is 503. The van der Waals surface area contributed by atoms with Gasteiger partial charge in [0.1, 0.15) is 0 Å². The highest BCUT2D eigenvalue weighted by molar-refractivity contribution is 5.99. The molecule has 0 bridgehead atoms. The molecule has 4 heteroatoms. The SMILES string of the molecule is CCC1(CO)CCN(C2CCN(c3ccccc3)C2=O)CC1. The van der Waals surface area contributed by atoms with Crippen molar-refractivity contribution in [3.8, 4) is 0 Å². The average Bonchev–Trinajstić information content (AvgIpc) is 2.97. The van der Waals surface area contributed by atoms with Crippen LogP contribution in [0.5, 0.6) is 0 Å². The Labute approximate surface area is 132 Å². The molecule has 0 radical (unpaired) electrons. The summed E-state index contributed by atoms with van der Waals surface area (Å²) < 4.78 is 0. The predicted octanol–water partition coefficient (Wildman–Crippen LogP) is 2.28. The Kier molecular flexibility index (Phi) is 4.50. The van der Waals surface area contributed by atoms with Crippen LogP contribution < -0.4 is 4.90 Å². The Morgan fingerprint density at radius 1 is 1.18 bits per heavy atom. The van der Waals surface area contributed by atoms with Gasteiger partial charge in [-0.3, -0.25) is 9.69 Å². The maximum Gasteiger partial charge on any atom is 0.244 e. The third kappa shape index (κ3) is 2.77. The quantitative estimate of drug-likeness (QED) is 0.928. The van der Waals surface area contributed by atoms with Crippen LogP contribution >= 0.6 is 0 Å². The van der Waals surface area contributed by atoms with Crippen molar-refractivity contribution in [3.63, 3.8) is 0 Å². The van der Waals surface area contributed by atoms with Crippen molar-refractivity contribution in [1.82, 2.24) is 4.90 Å². The number of nitrogens with zero attached hydrogens (tertiary/aromatic N) is 2. The minimum absolute atomic E-state index is 0.0220. The summed E-state index contributed by atoms with van der Waals surface area (Å²) in [5.74, 6) is 0.235. The Balaban J connectivity index is 1.64. The van der Waals surface area contributed by atoms with Gasteiger partial charge in [0.25, 0.3) is 0 Å². The van der Waals surface area contributed by atoms with E-state index in [-0.39, 0.29) is 24.0 Å². The molecule has 2 saturated heterocycles. The zero-order chi connectivity index (χ0) is 15.6. The summed E-state index contributed by atoms with van der Waals surface area (Å²) in [5, 5.41) is 9.64. The van der Waals surface area contributed by atoms with Gasteiger partial charge in [-0.05, 0) is 56.3 Å². The number of carbonyl (C=O) groups excluding carboxylic acids is 1. The van der Waals surface area contributed by atoms with E-state index >= 15 is 0 Å². The van der Waals surface area contributed by atoms with Crippen LogP contribution in [0.15, 0.2) is 30.3 Å². The second kappa shape index (κ2) is 6.39. The second-order valence-electron chi connectivity index (χ2n) is 6.68. The number of piperidine rings is 1. The van der Waals surface area contributed by atoms with E-state index in [0.29, 0.717) is 0 Å². The van der Waals surface area contributed by atoms with E-state index in [1.54, 1.807) is 0 Å². The molecule has 22 heavy (non-hydrogen) atoms. The second-order valence-corrected chi connectivity index (χ2v) is 6.68. The molecular weight excluding hydrogens is 276 g/mol. The molecule has 0 spiro atoms. The molecule has 2 aliphatic heterocycles. The van der Waals surface area contributed by atoms with E-state index < -0.39 is 0 Å². The highest BCUT2D eigenvalue weighted by Crippen LogP contribution is 2.36. The molecular formula is C18H26N2O2. The van der Waals surface area contributed by atoms with Crippen LogP contribution in [-0.4, -0.2) is 48.2 Å². The molecule has 0 aliphatic carbocycles. The van der Waals surface area contributed by atoms with Gasteiger partial charge in [-0.15, -0.1) is 0 Å². The van der Waals surface area contributed by atoms with Crippen LogP contribution in [0.3, 0.4) is 0 Å². The van der Waals surface area contributed by atoms with Crippen molar-refractivity contribution in [3.05, 3.63) is 30.3 Å². The van der Waals surface area contributed by atoms with Gasteiger partial charge < -0.3 is 10.0 Å². The molecule has 3 rings (SSSR count). The third-order valence-electron chi connectivity index (χ3n) is 5.63. The van der Waals surface area contributed by atoms with Gasteiger partial charge >= 0.3 is 0 Å². The number of aliphatic hydroxyl groups is 1. The molecule has 1 atom stereocenters. The van der Waals surface area contributed by atoms with Crippen molar-refractivity contribution >= 4 is 11.6 Å². The molecule has 0 aromatic heterocycles. The zero-order valence-corrected chi connectivity index (χ0v) is 13.4. The minimum atomic E-state index is 0.0220. The van der Waals surface area contributed by atoms with E-state index in [9.17, 15) is 9.90 Å². The van der Waals surface area contributed by atoms with E-state index in [4.69, 9.17) is 0 Å². The molecule has 120 valence electrons. The van der Waals surface area contributed by atoms with E-state index in [2.05, 4.69) is 11.8 Å². The highest BCUT2D eigenvalue weighted by Gasteiger charge is 2.40. The molecule has 1 amide bonds. The first-order valence-electron chi connectivity index (χ1n) is 8.40. The van der Waals surface area contributed by atoms with Gasteiger partial charge in [-0.1, -0.05) is 25.1 Å². The fourth-order valence-corrected chi connectivity index (χ4v) is 3.80. The Hall–Kier alpha value is -1.39. The fourth-order valence-electron chi connectivity index (χ4n) is 3.80. The smallest absolute Gasteiger partial charge is 0.244 e. The normalized spacial score (nSPS) is 25.6. The number of hydrogen-bond acceptors (Lipinski definition) is 3. The summed E-state index contributed by atoms with van der Waals surface area (Å²) in [6, 6.07) is 9.97. The van der Waals surface area contributed by atoms with Crippen LogP contribution in [0, 0.1) is 5.41 Å². The molecule has 1 aromatic carbocycles. The van der Waals surface area contributed by atoms with E-state index in [1.807, 2.05) is 35.2 Å². The number of likely N-dealkylation sites (tertiary alicyclic amines) is 1. The molecule has 1 aromatic rings. The number of benzene rings is 1. The lowest BCUT2D eigenvalue weighted by Crippen LogP contribution is -2.49. The monoisotopic (exact) mass is 302 g/mol. The number of carbonyl (C=O) groups is 1. The summed E-state index contributed by atoms with van der Waals surface area (Å²) in [5.41, 5.74) is 1.09. The lowest BCUT2D eigenvalue weighted by atomic mass is 9.76. The molecule has 2 fully saturated rings. The van der Waals surface area contributed by atoms with Gasteiger partial charge in [0, 0.05) is 18.8 Å². The number of para-hydroxylation sites is 1. The Morgan fingerprint density at radius 3 is 2.45 bits per heavy atom. The molecule has 1 N–H and O–H groups in total. The third-order valence-corrected chi connectivity index (χ3v) is 5.63. The lowest BCUT2D eigenvalue weighted by Gasteiger charge is -2.42. The molecule has 2 heterocycles. The molecule has 2 aliphatic rings. The standard InChI is InChI=1S/C18H26N2O2/c1-2-18(14-21)9-12-19(13-10-18)16-8-11-20(17(16)22)15-6-4-3-5-7-15/h3-7,16,21H,2,8-14H2,1H3. The minimum Gasteiger partial charge on any atom is -0.396 e. The first kappa shape index (κ1) is 15.5. The van der Waals surface area contributed by atoms with Gasteiger partial charge in [0.05, 0.1) is 6.04 Å². The van der Waals surface area contributed by atoms with Crippen molar-refractivity contribution < 1.29 is 9.90 Å². The number of rotatable bonds is 4. The summed E-state index contributed by atoms with van der Waals surface area (Å²) in [4.78, 5) is 17.0. The maximum absolute atomic E-state index is 12.7. The Morgan fingerprint density at radius 2 is 1.86 bits per heavy atom. The number of aliphatic hydroxyl groups excluding tert-OH is 1. The molecule has 0 saturated carbocycles. The van der Waals surface area contributed by atoms with Crippen molar-refractivity contribution in [2.75, 3.05) is 31.1 Å². The highest BCUT2D eigenvalue weighted by atomic mass is 16.3. The van der Waals surface area contributed by atoms with Crippen LogP contribution in [0.2, 0.25) is 0 Å². The lowest BCUT2D eigenvalue weighted by molar-refractivity contribution is -0.122. The fraction of sp³-hybridized carbons (Fsp3) is 0.611. The molecule has 1 unspecified atom stereocenters. The summed E-state index contributed by atoms with van der Waals surface area (Å²) in [6.07, 6.45) is 3.92. The van der Waals surface area contributed by atoms with Crippen molar-refractivity contribution in [2.24, 2.45) is 5.41 Å². The number of amides is 1. The topological polar surface area (TPSA) is 43.8 Å². The average molecular weight is 302 g/mol. The van der Waals surface area contributed by atoms with E-state index in [1.165, 1.54) is 0 Å². The van der Waals surface area contributed by atoms with Crippen molar-refractivity contribution in [2.45, 2.75) is 38.6 Å². The van der Waals surface area contributed by atoms with Crippen LogP contribution in [0.4, 0.5) is 5.69 Å². The largest absolute Gasteiger partial charge is 0.396 e. The molecule has 4 nitrogen and oxygen atoms in total. The van der Waals surface area contributed by atoms with Crippen LogP contribution in [0.1, 0.15) is 32.6 Å². The summed E-state index contributed by atoms with van der Waals surface area (Å²) in [6.45, 7) is 5.08. The van der Waals surface area contributed by atoms with Gasteiger partial charge in [0.2, 0.25) is 5.91 Å². The summed E-state index contributed by atoms with van der Waals surface area (Å²) in [7, 11) is 0. The van der Waals surface area contributed by atoms with Gasteiger partial charge in [-0.2, -0.15) is 0 Å². The van der Waals surface area contributed by atoms with Crippen LogP contribution in [0.25, 0.3) is 0 Å². The van der Waals surface area contributed by atoms with Gasteiger partial charge in [0.15, 0.2) is 0 Å².